The van der Waals surface area contributed by atoms with E-state index in [0.29, 0.717) is 23.0 Å². The van der Waals surface area contributed by atoms with Gasteiger partial charge in [-0.15, -0.1) is 0 Å². The molecule has 1 fully saturated rings. The fourth-order valence-corrected chi connectivity index (χ4v) is 2.13. The minimum Gasteiger partial charge on any atom is -0.497 e. The number of ether oxygens (including phenoxy) is 2. The lowest BCUT2D eigenvalue weighted by molar-refractivity contribution is 0.0850. The van der Waals surface area contributed by atoms with E-state index in [0.717, 1.165) is 13.1 Å². The Morgan fingerprint density at radius 2 is 2.06 bits per heavy atom. The Morgan fingerprint density at radius 1 is 1.33 bits per heavy atom. The molecule has 1 aliphatic rings. The third kappa shape index (κ3) is 2.34. The summed E-state index contributed by atoms with van der Waals surface area (Å²) in [7, 11) is 3.17. The summed E-state index contributed by atoms with van der Waals surface area (Å²) < 4.78 is 10.4. The molecular weight excluding hydrogens is 230 g/mol. The van der Waals surface area contributed by atoms with E-state index in [1.165, 1.54) is 0 Å². The Morgan fingerprint density at radius 3 is 2.56 bits per heavy atom. The van der Waals surface area contributed by atoms with Gasteiger partial charge in [-0.3, -0.25) is 4.79 Å². The van der Waals surface area contributed by atoms with Crippen LogP contribution in [0.2, 0.25) is 0 Å². The molecule has 0 amide bonds. The number of carbonyl (C=O) groups is 1. The molecule has 1 saturated heterocycles. The molecule has 0 aromatic heterocycles. The predicted octanol–water partition coefficient (Wildman–Crippen LogP) is 1.74. The number of ketones is 1. The molecule has 1 aromatic carbocycles. The van der Waals surface area contributed by atoms with Crippen LogP contribution in [0, 0.1) is 11.8 Å². The standard InChI is InChI=1S/C14H19NO3/c1-9(10-7-15-8-10)14(16)12-6-11(17-2)4-5-13(12)18-3/h4-6,9-10,15H,7-8H2,1-3H3. The highest BCUT2D eigenvalue weighted by molar-refractivity contribution is 6.00. The van der Waals surface area contributed by atoms with Crippen molar-refractivity contribution in [3.05, 3.63) is 23.8 Å². The number of hydrogen-bond donors (Lipinski definition) is 1. The highest BCUT2D eigenvalue weighted by Crippen LogP contribution is 2.29. The van der Waals surface area contributed by atoms with Gasteiger partial charge in [-0.2, -0.15) is 0 Å². The van der Waals surface area contributed by atoms with Crippen LogP contribution in [0.25, 0.3) is 0 Å². The van der Waals surface area contributed by atoms with E-state index >= 15 is 0 Å². The van der Waals surface area contributed by atoms with Gasteiger partial charge in [-0.1, -0.05) is 6.92 Å². The Labute approximate surface area is 107 Å². The maximum Gasteiger partial charge on any atom is 0.169 e. The quantitative estimate of drug-likeness (QED) is 0.807. The lowest BCUT2D eigenvalue weighted by Gasteiger charge is -2.32. The van der Waals surface area contributed by atoms with Crippen LogP contribution in [0.4, 0.5) is 0 Å². The Hall–Kier alpha value is -1.55. The number of rotatable bonds is 5. The van der Waals surface area contributed by atoms with Crippen LogP contribution >= 0.6 is 0 Å². The van der Waals surface area contributed by atoms with Crippen LogP contribution < -0.4 is 14.8 Å². The van der Waals surface area contributed by atoms with Crippen LogP contribution in [-0.4, -0.2) is 33.1 Å². The van der Waals surface area contributed by atoms with Crippen molar-refractivity contribution in [2.24, 2.45) is 11.8 Å². The molecule has 0 bridgehead atoms. The van der Waals surface area contributed by atoms with E-state index in [4.69, 9.17) is 9.47 Å². The van der Waals surface area contributed by atoms with Gasteiger partial charge in [0.1, 0.15) is 11.5 Å². The smallest absolute Gasteiger partial charge is 0.169 e. The van der Waals surface area contributed by atoms with Crippen molar-refractivity contribution >= 4 is 5.78 Å². The molecule has 0 spiro atoms. The molecule has 98 valence electrons. The molecule has 1 heterocycles. The van der Waals surface area contributed by atoms with Crippen LogP contribution in [0.1, 0.15) is 17.3 Å². The van der Waals surface area contributed by atoms with Crippen LogP contribution in [0.5, 0.6) is 11.5 Å². The maximum absolute atomic E-state index is 12.5. The van der Waals surface area contributed by atoms with Gasteiger partial charge in [0.15, 0.2) is 5.78 Å². The van der Waals surface area contributed by atoms with Gasteiger partial charge in [0, 0.05) is 5.92 Å². The predicted molar refractivity (Wildman–Crippen MR) is 69.4 cm³/mol. The van der Waals surface area contributed by atoms with Gasteiger partial charge in [-0.25, -0.2) is 0 Å². The zero-order valence-corrected chi connectivity index (χ0v) is 11.0. The monoisotopic (exact) mass is 249 g/mol. The molecule has 1 N–H and O–H groups in total. The van der Waals surface area contributed by atoms with Crippen LogP contribution in [0.3, 0.4) is 0 Å². The molecule has 4 heteroatoms. The van der Waals surface area contributed by atoms with E-state index in [1.807, 2.05) is 6.92 Å². The Balaban J connectivity index is 2.26. The molecule has 1 unspecified atom stereocenters. The average molecular weight is 249 g/mol. The number of carbonyl (C=O) groups excluding carboxylic acids is 1. The maximum atomic E-state index is 12.5. The topological polar surface area (TPSA) is 47.6 Å². The summed E-state index contributed by atoms with van der Waals surface area (Å²) in [5.74, 6) is 1.84. The van der Waals surface area contributed by atoms with Crippen molar-refractivity contribution in [3.63, 3.8) is 0 Å². The summed E-state index contributed by atoms with van der Waals surface area (Å²) in [5, 5.41) is 3.19. The van der Waals surface area contributed by atoms with Gasteiger partial charge in [0.2, 0.25) is 0 Å². The highest BCUT2D eigenvalue weighted by Gasteiger charge is 2.30. The number of benzene rings is 1. The van der Waals surface area contributed by atoms with Crippen molar-refractivity contribution in [2.75, 3.05) is 27.3 Å². The summed E-state index contributed by atoms with van der Waals surface area (Å²) in [6.45, 7) is 3.81. The van der Waals surface area contributed by atoms with Crippen LogP contribution in [-0.2, 0) is 0 Å². The van der Waals surface area contributed by atoms with E-state index in [1.54, 1.807) is 32.4 Å². The summed E-state index contributed by atoms with van der Waals surface area (Å²) in [5.41, 5.74) is 0.608. The van der Waals surface area contributed by atoms with E-state index in [9.17, 15) is 4.79 Å². The number of methoxy groups -OCH3 is 2. The summed E-state index contributed by atoms with van der Waals surface area (Å²) in [6.07, 6.45) is 0. The third-order valence-electron chi connectivity index (χ3n) is 3.61. The summed E-state index contributed by atoms with van der Waals surface area (Å²) in [4.78, 5) is 12.5. The lowest BCUT2D eigenvalue weighted by atomic mass is 9.83. The van der Waals surface area contributed by atoms with Gasteiger partial charge >= 0.3 is 0 Å². The first kappa shape index (κ1) is 12.9. The van der Waals surface area contributed by atoms with Crippen molar-refractivity contribution in [1.29, 1.82) is 0 Å². The van der Waals surface area contributed by atoms with Gasteiger partial charge in [-0.05, 0) is 37.2 Å². The minimum atomic E-state index is 0.00672. The Bertz CT molecular complexity index is 441. The van der Waals surface area contributed by atoms with Crippen molar-refractivity contribution in [1.82, 2.24) is 5.32 Å². The Kier molecular flexibility index (Phi) is 3.87. The SMILES string of the molecule is COc1ccc(OC)c(C(=O)C(C)C2CNC2)c1. The summed E-state index contributed by atoms with van der Waals surface area (Å²) in [6, 6.07) is 5.33. The number of hydrogen-bond acceptors (Lipinski definition) is 4. The molecule has 0 aliphatic carbocycles. The molecule has 0 saturated carbocycles. The molecule has 4 nitrogen and oxygen atoms in total. The van der Waals surface area contributed by atoms with Crippen molar-refractivity contribution in [3.8, 4) is 11.5 Å². The zero-order chi connectivity index (χ0) is 13.1. The van der Waals surface area contributed by atoms with Crippen LogP contribution in [0.15, 0.2) is 18.2 Å². The van der Waals surface area contributed by atoms with Crippen molar-refractivity contribution < 1.29 is 14.3 Å². The molecule has 18 heavy (non-hydrogen) atoms. The van der Waals surface area contributed by atoms with Gasteiger partial charge < -0.3 is 14.8 Å². The lowest BCUT2D eigenvalue weighted by Crippen LogP contribution is -2.47. The minimum absolute atomic E-state index is 0.00672. The first-order valence-corrected chi connectivity index (χ1v) is 6.14. The average Bonchev–Trinajstić information content (AvgIpc) is 2.34. The van der Waals surface area contributed by atoms with E-state index in [2.05, 4.69) is 5.32 Å². The number of nitrogens with one attached hydrogen (secondary N) is 1. The zero-order valence-electron chi connectivity index (χ0n) is 11.0. The van der Waals surface area contributed by atoms with Crippen molar-refractivity contribution in [2.45, 2.75) is 6.92 Å². The first-order chi connectivity index (χ1) is 8.67. The largest absolute Gasteiger partial charge is 0.497 e. The second-order valence-corrected chi connectivity index (χ2v) is 4.64. The molecule has 1 aromatic rings. The van der Waals surface area contributed by atoms with Gasteiger partial charge in [0.25, 0.3) is 0 Å². The highest BCUT2D eigenvalue weighted by atomic mass is 16.5. The van der Waals surface area contributed by atoms with Gasteiger partial charge in [0.05, 0.1) is 19.8 Å². The third-order valence-corrected chi connectivity index (χ3v) is 3.61. The number of Topliss-reactive ketones (excluding diaryl/α,β-unsaturated/α-hetero) is 1. The molecule has 0 radical (unpaired) electrons. The normalized spacial score (nSPS) is 16.8. The summed E-state index contributed by atoms with van der Waals surface area (Å²) >= 11 is 0. The molecule has 1 atom stereocenters. The van der Waals surface area contributed by atoms with E-state index < -0.39 is 0 Å². The second-order valence-electron chi connectivity index (χ2n) is 4.64. The molecular formula is C14H19NO3. The fourth-order valence-electron chi connectivity index (χ4n) is 2.13. The molecule has 1 aliphatic heterocycles. The second kappa shape index (κ2) is 5.40. The first-order valence-electron chi connectivity index (χ1n) is 6.14. The molecule has 2 rings (SSSR count). The van der Waals surface area contributed by atoms with E-state index in [-0.39, 0.29) is 11.7 Å². The fraction of sp³-hybridized carbons (Fsp3) is 0.500.